The van der Waals surface area contributed by atoms with Gasteiger partial charge in [0.05, 0.1) is 0 Å². The molecule has 0 unspecified atom stereocenters. The van der Waals surface area contributed by atoms with E-state index in [1.807, 2.05) is 6.07 Å². The summed E-state index contributed by atoms with van der Waals surface area (Å²) in [6.45, 7) is 0.511. The molecule has 0 spiro atoms. The van der Waals surface area contributed by atoms with Gasteiger partial charge in [-0.25, -0.2) is 13.6 Å². The van der Waals surface area contributed by atoms with Gasteiger partial charge in [0, 0.05) is 41.7 Å². The number of hydrogen-bond acceptors (Lipinski definition) is 3. The fraction of sp³-hybridized carbons (Fsp3) is 0.0870. The highest BCUT2D eigenvalue weighted by Gasteiger charge is 2.09. The molecule has 7 nitrogen and oxygen atoms in total. The van der Waals surface area contributed by atoms with Gasteiger partial charge in [0.1, 0.15) is 0 Å². The summed E-state index contributed by atoms with van der Waals surface area (Å²) in [5.41, 5.74) is 1.40. The summed E-state index contributed by atoms with van der Waals surface area (Å²) < 4.78 is 26.1. The first-order chi connectivity index (χ1) is 15.4. The van der Waals surface area contributed by atoms with Crippen molar-refractivity contribution in [1.82, 2.24) is 10.6 Å². The molecule has 0 atom stereocenters. The lowest BCUT2D eigenvalue weighted by Crippen LogP contribution is -2.34. The molecule has 32 heavy (non-hydrogen) atoms. The first-order valence-corrected chi connectivity index (χ1v) is 9.67. The Labute approximate surface area is 182 Å². The number of halogens is 2. The first kappa shape index (κ1) is 22.4. The number of benzene rings is 3. The largest absolute Gasteiger partial charge is 0.350 e. The summed E-state index contributed by atoms with van der Waals surface area (Å²) in [4.78, 5) is 36.1. The van der Waals surface area contributed by atoms with E-state index < -0.39 is 17.7 Å². The van der Waals surface area contributed by atoms with Crippen LogP contribution in [0.5, 0.6) is 0 Å². The lowest BCUT2D eigenvalue weighted by atomic mass is 10.2. The van der Waals surface area contributed by atoms with Crippen LogP contribution in [0.4, 0.5) is 25.0 Å². The molecule has 0 saturated carbocycles. The van der Waals surface area contributed by atoms with Gasteiger partial charge in [0.2, 0.25) is 0 Å². The Bertz CT molecular complexity index is 1110. The molecule has 0 saturated heterocycles. The summed E-state index contributed by atoms with van der Waals surface area (Å²) >= 11 is 0. The maximum atomic E-state index is 13.2. The number of carbonyl (C=O) groups excluding carboxylic acids is 3. The SMILES string of the molecule is O=C(Nc1ccc(C(=O)NCCNC(=O)c2ccccc2)cc1)Nc1ccc(F)c(F)c1. The van der Waals surface area contributed by atoms with Gasteiger partial charge in [0.15, 0.2) is 11.6 Å². The summed E-state index contributed by atoms with van der Waals surface area (Å²) in [5, 5.41) is 10.3. The third kappa shape index (κ3) is 6.36. The average molecular weight is 438 g/mol. The second-order valence-electron chi connectivity index (χ2n) is 6.66. The molecule has 9 heteroatoms. The van der Waals surface area contributed by atoms with Gasteiger partial charge in [-0.1, -0.05) is 18.2 Å². The van der Waals surface area contributed by atoms with E-state index in [2.05, 4.69) is 21.3 Å². The van der Waals surface area contributed by atoms with Gasteiger partial charge in [-0.2, -0.15) is 0 Å². The molecule has 0 radical (unpaired) electrons. The van der Waals surface area contributed by atoms with Gasteiger partial charge < -0.3 is 21.3 Å². The van der Waals surface area contributed by atoms with Crippen molar-refractivity contribution >= 4 is 29.2 Å². The molecule has 3 rings (SSSR count). The van der Waals surface area contributed by atoms with Crippen LogP contribution >= 0.6 is 0 Å². The molecule has 0 aliphatic rings. The van der Waals surface area contributed by atoms with E-state index in [1.54, 1.807) is 24.3 Å². The van der Waals surface area contributed by atoms with Crippen molar-refractivity contribution in [1.29, 1.82) is 0 Å². The Morgan fingerprint density at radius 3 is 1.75 bits per heavy atom. The fourth-order valence-electron chi connectivity index (χ4n) is 2.72. The normalized spacial score (nSPS) is 10.2. The molecule has 3 aromatic carbocycles. The third-order valence-corrected chi connectivity index (χ3v) is 4.31. The van der Waals surface area contributed by atoms with E-state index >= 15 is 0 Å². The second-order valence-corrected chi connectivity index (χ2v) is 6.66. The van der Waals surface area contributed by atoms with Crippen LogP contribution in [0.2, 0.25) is 0 Å². The molecule has 0 fully saturated rings. The van der Waals surface area contributed by atoms with Crippen LogP contribution < -0.4 is 21.3 Å². The summed E-state index contributed by atoms with van der Waals surface area (Å²) in [5.74, 6) is -2.64. The van der Waals surface area contributed by atoms with Crippen molar-refractivity contribution in [2.24, 2.45) is 0 Å². The van der Waals surface area contributed by atoms with Crippen LogP contribution in [0.25, 0.3) is 0 Å². The number of hydrogen-bond donors (Lipinski definition) is 4. The number of rotatable bonds is 7. The average Bonchev–Trinajstić information content (AvgIpc) is 2.80. The zero-order chi connectivity index (χ0) is 22.9. The van der Waals surface area contributed by atoms with Crippen LogP contribution in [0, 0.1) is 11.6 Å². The number of urea groups is 1. The maximum Gasteiger partial charge on any atom is 0.323 e. The summed E-state index contributed by atoms with van der Waals surface area (Å²) in [7, 11) is 0. The van der Waals surface area contributed by atoms with E-state index in [9.17, 15) is 23.2 Å². The third-order valence-electron chi connectivity index (χ3n) is 4.31. The Balaban J connectivity index is 1.43. The molecule has 164 valence electrons. The van der Waals surface area contributed by atoms with Crippen LogP contribution in [0.15, 0.2) is 72.8 Å². The molecule has 0 heterocycles. The van der Waals surface area contributed by atoms with E-state index in [0.717, 1.165) is 12.1 Å². The highest BCUT2D eigenvalue weighted by Crippen LogP contribution is 2.14. The Hall–Kier alpha value is -4.27. The van der Waals surface area contributed by atoms with Crippen LogP contribution in [0.1, 0.15) is 20.7 Å². The summed E-state index contributed by atoms with van der Waals surface area (Å²) in [6, 6.07) is 17.2. The maximum absolute atomic E-state index is 13.2. The standard InChI is InChI=1S/C23H20F2N4O3/c24-19-11-10-18(14-20(19)25)29-23(32)28-17-8-6-16(7-9-17)22(31)27-13-12-26-21(30)15-4-2-1-3-5-15/h1-11,14H,12-13H2,(H,26,30)(H,27,31)(H2,28,29,32). The van der Waals surface area contributed by atoms with Crippen molar-refractivity contribution < 1.29 is 23.2 Å². The number of anilines is 2. The van der Waals surface area contributed by atoms with Crippen LogP contribution in [0.3, 0.4) is 0 Å². The van der Waals surface area contributed by atoms with Crippen LogP contribution in [-0.4, -0.2) is 30.9 Å². The smallest absolute Gasteiger partial charge is 0.323 e. The number of nitrogens with one attached hydrogen (secondary N) is 4. The van der Waals surface area contributed by atoms with Crippen molar-refractivity contribution in [3.8, 4) is 0 Å². The Morgan fingerprint density at radius 2 is 1.16 bits per heavy atom. The summed E-state index contributed by atoms with van der Waals surface area (Å²) in [6.07, 6.45) is 0. The van der Waals surface area contributed by atoms with Gasteiger partial charge in [-0.05, 0) is 48.5 Å². The minimum absolute atomic E-state index is 0.0942. The molecule has 0 aliphatic carbocycles. The molecule has 4 amide bonds. The number of carbonyl (C=O) groups is 3. The van der Waals surface area contributed by atoms with E-state index in [4.69, 9.17) is 0 Å². The minimum Gasteiger partial charge on any atom is -0.350 e. The van der Waals surface area contributed by atoms with Gasteiger partial charge >= 0.3 is 6.03 Å². The predicted molar refractivity (Wildman–Crippen MR) is 117 cm³/mol. The lowest BCUT2D eigenvalue weighted by Gasteiger charge is -2.09. The molecule has 0 aliphatic heterocycles. The van der Waals surface area contributed by atoms with E-state index in [-0.39, 0.29) is 30.6 Å². The van der Waals surface area contributed by atoms with Crippen LogP contribution in [-0.2, 0) is 0 Å². The highest BCUT2D eigenvalue weighted by atomic mass is 19.2. The van der Waals surface area contributed by atoms with Crippen molar-refractivity contribution in [2.75, 3.05) is 23.7 Å². The highest BCUT2D eigenvalue weighted by molar-refractivity contribution is 6.00. The van der Waals surface area contributed by atoms with E-state index in [1.165, 1.54) is 30.3 Å². The Morgan fingerprint density at radius 1 is 0.625 bits per heavy atom. The molecule has 4 N–H and O–H groups in total. The second kappa shape index (κ2) is 10.7. The van der Waals surface area contributed by atoms with Crippen molar-refractivity contribution in [3.05, 3.63) is 95.6 Å². The molecule has 0 bridgehead atoms. The first-order valence-electron chi connectivity index (χ1n) is 9.67. The fourth-order valence-corrected chi connectivity index (χ4v) is 2.72. The van der Waals surface area contributed by atoms with E-state index in [0.29, 0.717) is 16.8 Å². The minimum atomic E-state index is -1.07. The predicted octanol–water partition coefficient (Wildman–Crippen LogP) is 3.77. The molecule has 3 aromatic rings. The monoisotopic (exact) mass is 438 g/mol. The molecular weight excluding hydrogens is 418 g/mol. The molecular formula is C23H20F2N4O3. The zero-order valence-corrected chi connectivity index (χ0v) is 16.8. The van der Waals surface area contributed by atoms with Gasteiger partial charge in [-0.3, -0.25) is 9.59 Å². The quantitative estimate of drug-likeness (QED) is 0.423. The zero-order valence-electron chi connectivity index (χ0n) is 16.8. The van der Waals surface area contributed by atoms with Gasteiger partial charge in [0.25, 0.3) is 11.8 Å². The molecule has 0 aromatic heterocycles. The number of amides is 4. The van der Waals surface area contributed by atoms with Crippen molar-refractivity contribution in [3.63, 3.8) is 0 Å². The lowest BCUT2D eigenvalue weighted by molar-refractivity contribution is 0.0927. The topological polar surface area (TPSA) is 99.3 Å². The van der Waals surface area contributed by atoms with Crippen molar-refractivity contribution in [2.45, 2.75) is 0 Å². The Kier molecular flexibility index (Phi) is 7.47. The van der Waals surface area contributed by atoms with Gasteiger partial charge in [-0.15, -0.1) is 0 Å².